The van der Waals surface area contributed by atoms with Gasteiger partial charge in [-0.1, -0.05) is 0 Å². The zero-order chi connectivity index (χ0) is 25.8. The van der Waals surface area contributed by atoms with Gasteiger partial charge >= 0.3 is 5.97 Å². The van der Waals surface area contributed by atoms with Crippen LogP contribution in [-0.4, -0.2) is 68.1 Å². The van der Waals surface area contributed by atoms with E-state index in [0.717, 1.165) is 31.6 Å². The maximum Gasteiger partial charge on any atom is 0.303 e. The molecule has 0 bridgehead atoms. The van der Waals surface area contributed by atoms with Crippen LogP contribution in [0.3, 0.4) is 0 Å². The van der Waals surface area contributed by atoms with Gasteiger partial charge in [-0.3, -0.25) is 15.0 Å². The number of halogens is 2. The maximum atomic E-state index is 15.1. The molecular weight excluding hydrogens is 549 g/mol. The Kier molecular flexibility index (Phi) is 9.36. The highest BCUT2D eigenvalue weighted by Crippen LogP contribution is 2.38. The summed E-state index contributed by atoms with van der Waals surface area (Å²) in [6.07, 6.45) is 2.49. The van der Waals surface area contributed by atoms with E-state index < -0.39 is 11.8 Å². The Labute approximate surface area is 225 Å². The van der Waals surface area contributed by atoms with Gasteiger partial charge in [0.05, 0.1) is 32.9 Å². The van der Waals surface area contributed by atoms with E-state index in [1.54, 1.807) is 12.1 Å². The van der Waals surface area contributed by atoms with Crippen molar-refractivity contribution in [1.82, 2.24) is 4.90 Å². The average molecular weight is 580 g/mol. The number of rotatable bonds is 11. The average Bonchev–Trinajstić information content (AvgIpc) is 3.50. The fourth-order valence-electron chi connectivity index (χ4n) is 4.62. The number of ketones is 1. The van der Waals surface area contributed by atoms with Crippen LogP contribution in [0.15, 0.2) is 24.3 Å². The van der Waals surface area contributed by atoms with Crippen molar-refractivity contribution >= 4 is 40.3 Å². The van der Waals surface area contributed by atoms with Crippen LogP contribution in [-0.2, 0) is 11.3 Å². The van der Waals surface area contributed by atoms with E-state index in [1.165, 1.54) is 19.1 Å². The number of ether oxygens (including phenoxy) is 3. The normalized spacial score (nSPS) is 14.3. The first-order valence-electron chi connectivity index (χ1n) is 11.9. The third-order valence-electron chi connectivity index (χ3n) is 6.43. The summed E-state index contributed by atoms with van der Waals surface area (Å²) in [7, 11) is 2.75. The smallest absolute Gasteiger partial charge is 0.303 e. The summed E-state index contributed by atoms with van der Waals surface area (Å²) in [5.74, 6) is -1.23. The molecule has 0 aliphatic carbocycles. The summed E-state index contributed by atoms with van der Waals surface area (Å²) in [5.41, 5.74) is 1.95. The standard InChI is InChI=1S/C26H30FN3O6.BrH/c1-34-21-12-17-14-30(26(28)23(17)24(27)25(21)35-2)15-20(31)16-10-18(29-7-3-4-8-29)13-19(11-16)36-9-5-6-22(32)33;/h10-13,28H,3-9,14-15H2,1-2H3,(H,32,33);1H. The van der Waals surface area contributed by atoms with E-state index in [9.17, 15) is 9.59 Å². The van der Waals surface area contributed by atoms with Gasteiger partial charge in [-0.05, 0) is 43.0 Å². The molecule has 1 fully saturated rings. The van der Waals surface area contributed by atoms with Gasteiger partial charge in [-0.15, -0.1) is 17.0 Å². The molecule has 9 nitrogen and oxygen atoms in total. The number of nitrogens with zero attached hydrogens (tertiary/aromatic N) is 2. The van der Waals surface area contributed by atoms with Gasteiger partial charge in [-0.25, -0.2) is 4.39 Å². The van der Waals surface area contributed by atoms with Crippen molar-refractivity contribution in [3.63, 3.8) is 0 Å². The Morgan fingerprint density at radius 2 is 1.84 bits per heavy atom. The molecule has 2 aliphatic rings. The number of benzene rings is 2. The predicted octanol–water partition coefficient (Wildman–Crippen LogP) is 4.29. The Morgan fingerprint density at radius 3 is 2.49 bits per heavy atom. The quantitative estimate of drug-likeness (QED) is 0.299. The minimum Gasteiger partial charge on any atom is -0.493 e. The maximum absolute atomic E-state index is 15.1. The molecule has 11 heteroatoms. The largest absolute Gasteiger partial charge is 0.493 e. The number of Topliss-reactive ketones (excluding diaryl/α,β-unsaturated/α-hetero) is 1. The lowest BCUT2D eigenvalue weighted by Crippen LogP contribution is -2.30. The van der Waals surface area contributed by atoms with Crippen molar-refractivity contribution in [2.75, 3.05) is 45.4 Å². The zero-order valence-corrected chi connectivity index (χ0v) is 22.6. The van der Waals surface area contributed by atoms with Crippen LogP contribution in [0, 0.1) is 11.2 Å². The van der Waals surface area contributed by atoms with E-state index in [1.807, 2.05) is 12.1 Å². The first-order chi connectivity index (χ1) is 17.3. The van der Waals surface area contributed by atoms with Crippen LogP contribution < -0.4 is 19.1 Å². The van der Waals surface area contributed by atoms with Crippen LogP contribution >= 0.6 is 17.0 Å². The second-order valence-electron chi connectivity index (χ2n) is 8.84. The number of methoxy groups -OCH3 is 2. The molecular formula is C26H31BrFN3O6. The molecule has 4 rings (SSSR count). The SMILES string of the molecule is Br.COc1cc2c(c(F)c1OC)C(=N)N(CC(=O)c1cc(OCCCC(=O)O)cc(N3CCCC3)c1)C2. The van der Waals surface area contributed by atoms with E-state index in [2.05, 4.69) is 4.90 Å². The number of aliphatic carboxylic acids is 1. The number of carbonyl (C=O) groups is 2. The molecule has 0 unspecified atom stereocenters. The lowest BCUT2D eigenvalue weighted by Gasteiger charge is -2.21. The van der Waals surface area contributed by atoms with E-state index in [4.69, 9.17) is 24.7 Å². The second-order valence-corrected chi connectivity index (χ2v) is 8.84. The topological polar surface area (TPSA) is 112 Å². The minimum atomic E-state index is -0.888. The van der Waals surface area contributed by atoms with E-state index in [0.29, 0.717) is 23.3 Å². The molecule has 0 atom stereocenters. The highest BCUT2D eigenvalue weighted by atomic mass is 79.9. The molecule has 200 valence electrons. The van der Waals surface area contributed by atoms with Crippen molar-refractivity contribution in [3.05, 3.63) is 46.8 Å². The van der Waals surface area contributed by atoms with Crippen LogP contribution in [0.1, 0.15) is 47.2 Å². The van der Waals surface area contributed by atoms with Crippen molar-refractivity contribution < 1.29 is 33.3 Å². The molecule has 37 heavy (non-hydrogen) atoms. The van der Waals surface area contributed by atoms with Gasteiger partial charge in [-0.2, -0.15) is 0 Å². The third kappa shape index (κ3) is 6.15. The molecule has 0 amide bonds. The number of carboxylic acid groups (broad SMARTS) is 1. The molecule has 2 heterocycles. The van der Waals surface area contributed by atoms with Gasteiger partial charge in [0, 0.05) is 43.4 Å². The number of anilines is 1. The van der Waals surface area contributed by atoms with Crippen LogP contribution in [0.25, 0.3) is 0 Å². The minimum absolute atomic E-state index is 0. The molecule has 0 aromatic heterocycles. The molecule has 2 aromatic carbocycles. The lowest BCUT2D eigenvalue weighted by atomic mass is 10.1. The Hall–Kier alpha value is -3.34. The first kappa shape index (κ1) is 28.2. The molecule has 1 saturated heterocycles. The Balaban J connectivity index is 0.00000380. The van der Waals surface area contributed by atoms with Crippen molar-refractivity contribution in [1.29, 1.82) is 5.41 Å². The van der Waals surface area contributed by atoms with E-state index >= 15 is 4.39 Å². The number of fused-ring (bicyclic) bond motifs is 1. The van der Waals surface area contributed by atoms with Crippen LogP contribution in [0.2, 0.25) is 0 Å². The second kappa shape index (κ2) is 12.3. The summed E-state index contributed by atoms with van der Waals surface area (Å²) in [4.78, 5) is 27.8. The van der Waals surface area contributed by atoms with Crippen molar-refractivity contribution in [2.45, 2.75) is 32.2 Å². The number of amidine groups is 1. The van der Waals surface area contributed by atoms with E-state index in [-0.39, 0.29) is 71.8 Å². The van der Waals surface area contributed by atoms with Gasteiger partial charge < -0.3 is 29.1 Å². The van der Waals surface area contributed by atoms with Gasteiger partial charge in [0.25, 0.3) is 0 Å². The van der Waals surface area contributed by atoms with Crippen molar-refractivity contribution in [2.24, 2.45) is 0 Å². The fourth-order valence-corrected chi connectivity index (χ4v) is 4.62. The zero-order valence-electron chi connectivity index (χ0n) is 20.8. The summed E-state index contributed by atoms with van der Waals surface area (Å²) >= 11 is 0. The number of nitrogens with one attached hydrogen (secondary N) is 1. The number of carbonyl (C=O) groups excluding carboxylic acids is 1. The molecule has 2 aromatic rings. The number of hydrogen-bond donors (Lipinski definition) is 2. The number of carboxylic acids is 1. The fraction of sp³-hybridized carbons (Fsp3) is 0.423. The number of hydrogen-bond acceptors (Lipinski definition) is 7. The lowest BCUT2D eigenvalue weighted by molar-refractivity contribution is -0.137. The third-order valence-corrected chi connectivity index (χ3v) is 6.43. The van der Waals surface area contributed by atoms with Gasteiger partial charge in [0.15, 0.2) is 23.1 Å². The molecule has 0 spiro atoms. The van der Waals surface area contributed by atoms with Gasteiger partial charge in [0.1, 0.15) is 11.6 Å². The Bertz CT molecular complexity index is 1190. The molecule has 0 saturated carbocycles. The highest BCUT2D eigenvalue weighted by Gasteiger charge is 2.33. The summed E-state index contributed by atoms with van der Waals surface area (Å²) in [6.45, 7) is 2.07. The van der Waals surface area contributed by atoms with Crippen molar-refractivity contribution in [3.8, 4) is 17.2 Å². The summed E-state index contributed by atoms with van der Waals surface area (Å²) in [6, 6.07) is 6.96. The monoisotopic (exact) mass is 579 g/mol. The Morgan fingerprint density at radius 1 is 1.11 bits per heavy atom. The summed E-state index contributed by atoms with van der Waals surface area (Å²) in [5, 5.41) is 17.4. The predicted molar refractivity (Wildman–Crippen MR) is 142 cm³/mol. The van der Waals surface area contributed by atoms with Crippen LogP contribution in [0.5, 0.6) is 17.2 Å². The molecule has 2 N–H and O–H groups in total. The summed E-state index contributed by atoms with van der Waals surface area (Å²) < 4.78 is 31.2. The molecule has 0 radical (unpaired) electrons. The van der Waals surface area contributed by atoms with Crippen LogP contribution in [0.4, 0.5) is 10.1 Å². The molecule has 2 aliphatic heterocycles. The first-order valence-corrected chi connectivity index (χ1v) is 11.9. The van der Waals surface area contributed by atoms with Gasteiger partial charge in [0.2, 0.25) is 0 Å². The highest BCUT2D eigenvalue weighted by molar-refractivity contribution is 8.93.